The average Bonchev–Trinajstić information content (AvgIpc) is 2.92. The summed E-state index contributed by atoms with van der Waals surface area (Å²) in [5.41, 5.74) is 0.295. The molecule has 0 aliphatic heterocycles. The molecule has 7 unspecified atom stereocenters. The van der Waals surface area contributed by atoms with E-state index in [1.54, 1.807) is 0 Å². The Kier molecular flexibility index (Phi) is 4.55. The third kappa shape index (κ3) is 2.43. The maximum absolute atomic E-state index is 11.8. The summed E-state index contributed by atoms with van der Waals surface area (Å²) in [5.74, 6) is 4.67. The normalized spacial score (nSPS) is 52.2. The van der Waals surface area contributed by atoms with E-state index in [-0.39, 0.29) is 5.60 Å². The summed E-state index contributed by atoms with van der Waals surface area (Å²) >= 11 is 0. The van der Waals surface area contributed by atoms with Gasteiger partial charge in [0.1, 0.15) is 0 Å². The zero-order valence-corrected chi connectivity index (χ0v) is 16.4. The number of rotatable bonds is 3. The SMILES string of the molecule is CCC[C@@H](C)C1CCC2C3CCC4CCCCC4(C)C3CCC21O. The minimum atomic E-state index is -0.312. The third-order valence-electron chi connectivity index (χ3n) is 9.54. The highest BCUT2D eigenvalue weighted by molar-refractivity contribution is 5.11. The van der Waals surface area contributed by atoms with Crippen molar-refractivity contribution in [2.45, 2.75) is 103 Å². The molecule has 0 amide bonds. The fourth-order valence-electron chi connectivity index (χ4n) is 8.41. The lowest BCUT2D eigenvalue weighted by molar-refractivity contribution is -0.160. The van der Waals surface area contributed by atoms with Gasteiger partial charge in [0, 0.05) is 0 Å². The lowest BCUT2D eigenvalue weighted by Crippen LogP contribution is -2.56. The van der Waals surface area contributed by atoms with Gasteiger partial charge in [0.25, 0.3) is 0 Å². The van der Waals surface area contributed by atoms with Crippen LogP contribution in [-0.4, -0.2) is 10.7 Å². The average molecular weight is 333 g/mol. The smallest absolute Gasteiger partial charge is 0.0709 e. The van der Waals surface area contributed by atoms with Crippen molar-refractivity contribution in [3.05, 3.63) is 0 Å². The van der Waals surface area contributed by atoms with Crippen molar-refractivity contribution < 1.29 is 5.11 Å². The van der Waals surface area contributed by atoms with Gasteiger partial charge >= 0.3 is 0 Å². The van der Waals surface area contributed by atoms with E-state index in [1.807, 2.05) is 0 Å². The monoisotopic (exact) mass is 332 g/mol. The van der Waals surface area contributed by atoms with E-state index < -0.39 is 0 Å². The Morgan fingerprint density at radius 3 is 2.58 bits per heavy atom. The first-order valence-electron chi connectivity index (χ1n) is 11.2. The van der Waals surface area contributed by atoms with Crippen LogP contribution >= 0.6 is 0 Å². The first-order chi connectivity index (χ1) is 11.5. The van der Waals surface area contributed by atoms with Crippen LogP contribution in [0, 0.1) is 40.9 Å². The lowest BCUT2D eigenvalue weighted by atomic mass is 9.46. The second-order valence-corrected chi connectivity index (χ2v) is 10.4. The molecule has 4 fully saturated rings. The standard InChI is InChI=1S/C23H40O/c1-4-7-16(2)19-11-12-21-18-10-9-17-8-5-6-14-22(17,3)20(18)13-15-23(19,21)24/h16-21,24H,4-15H2,1-3H3/t16-,17?,18?,19?,20?,21?,22?,23?/m1/s1. The molecule has 4 aliphatic carbocycles. The molecule has 4 saturated carbocycles. The second-order valence-electron chi connectivity index (χ2n) is 10.4. The molecule has 8 atom stereocenters. The molecule has 4 rings (SSSR count). The summed E-state index contributed by atoms with van der Waals surface area (Å²) in [6, 6.07) is 0. The first-order valence-corrected chi connectivity index (χ1v) is 11.2. The second kappa shape index (κ2) is 6.29. The van der Waals surface area contributed by atoms with Crippen LogP contribution in [0.1, 0.15) is 97.8 Å². The van der Waals surface area contributed by atoms with E-state index in [0.717, 1.165) is 24.2 Å². The van der Waals surface area contributed by atoms with E-state index in [2.05, 4.69) is 20.8 Å². The van der Waals surface area contributed by atoms with Gasteiger partial charge in [-0.1, -0.05) is 46.5 Å². The molecule has 0 bridgehead atoms. The van der Waals surface area contributed by atoms with Crippen LogP contribution in [0.25, 0.3) is 0 Å². The van der Waals surface area contributed by atoms with Gasteiger partial charge in [-0.2, -0.15) is 0 Å². The predicted octanol–water partition coefficient (Wildman–Crippen LogP) is 6.20. The summed E-state index contributed by atoms with van der Waals surface area (Å²) in [7, 11) is 0. The molecular weight excluding hydrogens is 292 g/mol. The van der Waals surface area contributed by atoms with Crippen molar-refractivity contribution in [1.29, 1.82) is 0 Å². The van der Waals surface area contributed by atoms with Gasteiger partial charge in [-0.25, -0.2) is 0 Å². The molecule has 0 heterocycles. The van der Waals surface area contributed by atoms with E-state index >= 15 is 0 Å². The molecule has 138 valence electrons. The Morgan fingerprint density at radius 1 is 0.958 bits per heavy atom. The largest absolute Gasteiger partial charge is 0.389 e. The Labute approximate surface area is 150 Å². The summed E-state index contributed by atoms with van der Waals surface area (Å²) in [5, 5.41) is 11.8. The van der Waals surface area contributed by atoms with Gasteiger partial charge < -0.3 is 5.11 Å². The molecule has 1 nitrogen and oxygen atoms in total. The number of aliphatic hydroxyl groups is 1. The van der Waals surface area contributed by atoms with Gasteiger partial charge in [-0.15, -0.1) is 0 Å². The molecule has 0 radical (unpaired) electrons. The van der Waals surface area contributed by atoms with Gasteiger partial charge in [-0.05, 0) is 92.3 Å². The van der Waals surface area contributed by atoms with E-state index in [1.165, 1.54) is 70.6 Å². The lowest BCUT2D eigenvalue weighted by Gasteiger charge is -2.60. The Bertz CT molecular complexity index is 459. The predicted molar refractivity (Wildman–Crippen MR) is 101 cm³/mol. The number of hydrogen-bond acceptors (Lipinski definition) is 1. The molecule has 4 aliphatic rings. The fourth-order valence-corrected chi connectivity index (χ4v) is 8.41. The first kappa shape index (κ1) is 17.4. The molecule has 0 spiro atoms. The van der Waals surface area contributed by atoms with E-state index in [4.69, 9.17) is 0 Å². The van der Waals surface area contributed by atoms with Crippen molar-refractivity contribution >= 4 is 0 Å². The van der Waals surface area contributed by atoms with Gasteiger partial charge in [0.2, 0.25) is 0 Å². The van der Waals surface area contributed by atoms with E-state index in [0.29, 0.717) is 23.2 Å². The van der Waals surface area contributed by atoms with Crippen molar-refractivity contribution in [2.24, 2.45) is 40.9 Å². The molecule has 0 aromatic heterocycles. The molecule has 1 N–H and O–H groups in total. The van der Waals surface area contributed by atoms with Crippen LogP contribution in [0.4, 0.5) is 0 Å². The summed E-state index contributed by atoms with van der Waals surface area (Å²) in [4.78, 5) is 0. The Balaban J connectivity index is 1.57. The van der Waals surface area contributed by atoms with Crippen molar-refractivity contribution in [1.82, 2.24) is 0 Å². The van der Waals surface area contributed by atoms with Crippen molar-refractivity contribution in [2.75, 3.05) is 0 Å². The Hall–Kier alpha value is -0.0400. The van der Waals surface area contributed by atoms with Crippen LogP contribution < -0.4 is 0 Å². The highest BCUT2D eigenvalue weighted by Gasteiger charge is 2.61. The van der Waals surface area contributed by atoms with Gasteiger partial charge in [0.05, 0.1) is 5.60 Å². The van der Waals surface area contributed by atoms with Crippen molar-refractivity contribution in [3.8, 4) is 0 Å². The zero-order valence-electron chi connectivity index (χ0n) is 16.4. The summed E-state index contributed by atoms with van der Waals surface area (Å²) in [6.45, 7) is 7.36. The minimum absolute atomic E-state index is 0.312. The van der Waals surface area contributed by atoms with Crippen LogP contribution in [0.5, 0.6) is 0 Å². The highest BCUT2D eigenvalue weighted by atomic mass is 16.3. The molecule has 24 heavy (non-hydrogen) atoms. The van der Waals surface area contributed by atoms with Gasteiger partial charge in [-0.3, -0.25) is 0 Å². The molecule has 0 saturated heterocycles. The van der Waals surface area contributed by atoms with Crippen LogP contribution in [-0.2, 0) is 0 Å². The van der Waals surface area contributed by atoms with E-state index in [9.17, 15) is 5.11 Å². The highest BCUT2D eigenvalue weighted by Crippen LogP contribution is 2.65. The maximum Gasteiger partial charge on any atom is 0.0709 e. The molecular formula is C23H40O. The quantitative estimate of drug-likeness (QED) is 0.652. The van der Waals surface area contributed by atoms with Crippen LogP contribution in [0.2, 0.25) is 0 Å². The third-order valence-corrected chi connectivity index (χ3v) is 9.54. The number of hydrogen-bond donors (Lipinski definition) is 1. The van der Waals surface area contributed by atoms with Crippen molar-refractivity contribution in [3.63, 3.8) is 0 Å². The minimum Gasteiger partial charge on any atom is -0.389 e. The Morgan fingerprint density at radius 2 is 1.79 bits per heavy atom. The number of fused-ring (bicyclic) bond motifs is 5. The molecule has 0 aromatic rings. The molecule has 1 heteroatoms. The van der Waals surface area contributed by atoms with Gasteiger partial charge in [0.15, 0.2) is 0 Å². The summed E-state index contributed by atoms with van der Waals surface area (Å²) < 4.78 is 0. The van der Waals surface area contributed by atoms with Crippen LogP contribution in [0.3, 0.4) is 0 Å². The zero-order chi connectivity index (χ0) is 16.9. The van der Waals surface area contributed by atoms with Crippen LogP contribution in [0.15, 0.2) is 0 Å². The topological polar surface area (TPSA) is 20.2 Å². The summed E-state index contributed by atoms with van der Waals surface area (Å²) in [6.07, 6.45) is 16.4. The fraction of sp³-hybridized carbons (Fsp3) is 1.00. The maximum atomic E-state index is 11.8. The molecule has 0 aromatic carbocycles.